The Morgan fingerprint density at radius 1 is 1.44 bits per heavy atom. The van der Waals surface area contributed by atoms with Gasteiger partial charge in [-0.2, -0.15) is 13.2 Å². The van der Waals surface area contributed by atoms with Gasteiger partial charge in [0.05, 0.1) is 0 Å². The summed E-state index contributed by atoms with van der Waals surface area (Å²) in [6.07, 6.45) is -2.83. The van der Waals surface area contributed by atoms with Gasteiger partial charge in [-0.25, -0.2) is 0 Å². The Kier molecular flexibility index (Phi) is 1.62. The monoisotopic (exact) mass is 152 g/mol. The van der Waals surface area contributed by atoms with E-state index >= 15 is 0 Å². The van der Waals surface area contributed by atoms with Crippen molar-refractivity contribution in [3.8, 4) is 0 Å². The third-order valence-electron chi connectivity index (χ3n) is 1.01. The largest absolute Gasteiger partial charge is 0.413 e. The highest BCUT2D eigenvalue weighted by molar-refractivity contribution is 7.39. The average Bonchev–Trinajstić information content (AvgIpc) is 2.08. The molecule has 0 aromatic heterocycles. The summed E-state index contributed by atoms with van der Waals surface area (Å²) in [6, 6.07) is 0. The number of halogens is 3. The Balaban J connectivity index is 2.66. The molecule has 0 unspecified atom stereocenters. The van der Waals surface area contributed by atoms with E-state index in [0.29, 0.717) is 0 Å². The first-order valence-electron chi connectivity index (χ1n) is 2.37. The van der Waals surface area contributed by atoms with Crippen LogP contribution in [0.5, 0.6) is 0 Å². The van der Waals surface area contributed by atoms with Gasteiger partial charge in [0.15, 0.2) is 0 Å². The van der Waals surface area contributed by atoms with Crippen molar-refractivity contribution in [2.75, 3.05) is 6.16 Å². The maximum Gasteiger partial charge on any atom is 0.413 e. The summed E-state index contributed by atoms with van der Waals surface area (Å²) in [6.45, 7) is 0. The Hall–Kier alpha value is -0.300. The summed E-state index contributed by atoms with van der Waals surface area (Å²) in [7, 11) is 0.748. The summed E-state index contributed by atoms with van der Waals surface area (Å²) in [4.78, 5) is 0. The number of hydrogen-bond acceptors (Lipinski definition) is 0. The van der Waals surface area contributed by atoms with Gasteiger partial charge in [-0.05, 0) is 11.9 Å². The highest BCUT2D eigenvalue weighted by Crippen LogP contribution is 2.30. The first-order valence-corrected chi connectivity index (χ1v) is 3.52. The maximum atomic E-state index is 11.7. The third kappa shape index (κ3) is 1.55. The van der Waals surface area contributed by atoms with Gasteiger partial charge < -0.3 is 0 Å². The standard InChI is InChI=1S/C5H4F3P/c6-5(7,8)4-1-2-9-3-4/h1-2H,3H2. The lowest BCUT2D eigenvalue weighted by Gasteiger charge is -2.04. The first-order chi connectivity index (χ1) is 4.11. The topological polar surface area (TPSA) is 0 Å². The second-order valence-corrected chi connectivity index (χ2v) is 2.66. The lowest BCUT2D eigenvalue weighted by atomic mass is 10.3. The van der Waals surface area contributed by atoms with Gasteiger partial charge in [0.2, 0.25) is 0 Å². The fourth-order valence-electron chi connectivity index (χ4n) is 0.531. The molecule has 0 saturated heterocycles. The molecule has 0 aliphatic carbocycles. The van der Waals surface area contributed by atoms with Gasteiger partial charge in [0.25, 0.3) is 0 Å². The molecule has 0 N–H and O–H groups in total. The fourth-order valence-corrected chi connectivity index (χ4v) is 1.40. The molecule has 50 valence electrons. The van der Waals surface area contributed by atoms with Crippen LogP contribution in [-0.2, 0) is 0 Å². The smallest absolute Gasteiger partial charge is 0.166 e. The van der Waals surface area contributed by atoms with Crippen molar-refractivity contribution < 1.29 is 13.2 Å². The third-order valence-corrected chi connectivity index (χ3v) is 1.89. The molecule has 1 aliphatic rings. The lowest BCUT2D eigenvalue weighted by molar-refractivity contribution is -0.0905. The molecular weight excluding hydrogens is 148 g/mol. The van der Waals surface area contributed by atoms with Crippen LogP contribution in [0.3, 0.4) is 0 Å². The van der Waals surface area contributed by atoms with Crippen molar-refractivity contribution in [3.63, 3.8) is 0 Å². The zero-order chi connectivity index (χ0) is 6.91. The van der Waals surface area contributed by atoms with Gasteiger partial charge in [-0.3, -0.25) is 0 Å². The van der Waals surface area contributed by atoms with Crippen molar-refractivity contribution in [1.82, 2.24) is 0 Å². The van der Waals surface area contributed by atoms with Crippen LogP contribution in [0.1, 0.15) is 0 Å². The number of alkyl halides is 3. The predicted octanol–water partition coefficient (Wildman–Crippen LogP) is 2.24. The van der Waals surface area contributed by atoms with E-state index in [1.807, 2.05) is 0 Å². The molecule has 1 heterocycles. The molecule has 0 fully saturated rings. The Morgan fingerprint density at radius 2 is 2.11 bits per heavy atom. The lowest BCUT2D eigenvalue weighted by Crippen LogP contribution is -2.11. The van der Waals surface area contributed by atoms with Crippen LogP contribution >= 0.6 is 8.20 Å². The molecule has 0 nitrogen and oxygen atoms in total. The van der Waals surface area contributed by atoms with Gasteiger partial charge >= 0.3 is 6.18 Å². The van der Waals surface area contributed by atoms with E-state index in [2.05, 4.69) is 0 Å². The van der Waals surface area contributed by atoms with Crippen LogP contribution in [0.4, 0.5) is 13.2 Å². The first kappa shape index (κ1) is 6.81. The van der Waals surface area contributed by atoms with Gasteiger partial charge in [0.1, 0.15) is 0 Å². The highest BCUT2D eigenvalue weighted by Gasteiger charge is 2.33. The van der Waals surface area contributed by atoms with E-state index in [4.69, 9.17) is 0 Å². The van der Waals surface area contributed by atoms with Crippen LogP contribution < -0.4 is 0 Å². The van der Waals surface area contributed by atoms with Crippen LogP contribution in [-0.4, -0.2) is 18.1 Å². The van der Waals surface area contributed by atoms with E-state index in [1.54, 1.807) is 0 Å². The predicted molar refractivity (Wildman–Crippen MR) is 32.0 cm³/mol. The van der Waals surface area contributed by atoms with Crippen molar-refractivity contribution >= 4 is 14.0 Å². The second kappa shape index (κ2) is 2.14. The van der Waals surface area contributed by atoms with Crippen LogP contribution in [0.25, 0.3) is 0 Å². The van der Waals surface area contributed by atoms with Gasteiger partial charge in [-0.15, -0.1) is 0 Å². The molecule has 0 aromatic carbocycles. The van der Waals surface area contributed by atoms with Crippen LogP contribution in [0.15, 0.2) is 11.6 Å². The van der Waals surface area contributed by atoms with E-state index in [0.717, 1.165) is 14.3 Å². The van der Waals surface area contributed by atoms with Crippen molar-refractivity contribution in [2.24, 2.45) is 0 Å². The van der Waals surface area contributed by atoms with E-state index < -0.39 is 11.7 Å². The minimum absolute atomic E-state index is 0.128. The second-order valence-electron chi connectivity index (χ2n) is 1.68. The quantitative estimate of drug-likeness (QED) is 0.467. The minimum Gasteiger partial charge on any atom is -0.166 e. The van der Waals surface area contributed by atoms with Crippen LogP contribution in [0.2, 0.25) is 0 Å². The summed E-state index contributed by atoms with van der Waals surface area (Å²) in [5, 5.41) is 0. The summed E-state index contributed by atoms with van der Waals surface area (Å²) in [5.41, 5.74) is -0.413. The number of allylic oxidation sites excluding steroid dienone is 2. The Bertz CT molecular complexity index is 166. The summed E-state index contributed by atoms with van der Waals surface area (Å²) >= 11 is 0. The molecule has 0 spiro atoms. The molecule has 1 rings (SSSR count). The molecule has 0 radical (unpaired) electrons. The molecule has 0 amide bonds. The molecule has 0 saturated carbocycles. The van der Waals surface area contributed by atoms with Crippen molar-refractivity contribution in [3.05, 3.63) is 11.6 Å². The Labute approximate surface area is 52.2 Å². The molecule has 4 heteroatoms. The molecule has 9 heavy (non-hydrogen) atoms. The normalized spacial score (nSPS) is 20.1. The summed E-state index contributed by atoms with van der Waals surface area (Å²) < 4.78 is 35.0. The van der Waals surface area contributed by atoms with Crippen molar-refractivity contribution in [1.29, 1.82) is 0 Å². The molecule has 0 bridgehead atoms. The zero-order valence-electron chi connectivity index (χ0n) is 4.44. The molecular formula is C5H4F3P. The van der Waals surface area contributed by atoms with E-state index in [9.17, 15) is 13.2 Å². The minimum atomic E-state index is -4.10. The van der Waals surface area contributed by atoms with Crippen molar-refractivity contribution in [2.45, 2.75) is 6.18 Å². The molecule has 0 aromatic rings. The number of hydrogen-bond donors (Lipinski definition) is 0. The average molecular weight is 152 g/mol. The molecule has 1 aliphatic heterocycles. The summed E-state index contributed by atoms with van der Waals surface area (Å²) in [5.74, 6) is 1.52. The van der Waals surface area contributed by atoms with E-state index in [-0.39, 0.29) is 6.16 Å². The molecule has 0 atom stereocenters. The van der Waals surface area contributed by atoms with Gasteiger partial charge in [-0.1, -0.05) is 8.20 Å². The van der Waals surface area contributed by atoms with Gasteiger partial charge in [0, 0.05) is 11.7 Å². The van der Waals surface area contributed by atoms with Crippen LogP contribution in [0, 0.1) is 0 Å². The fraction of sp³-hybridized carbons (Fsp3) is 0.400. The van der Waals surface area contributed by atoms with E-state index in [1.165, 1.54) is 5.80 Å². The maximum absolute atomic E-state index is 11.7. The Morgan fingerprint density at radius 3 is 2.33 bits per heavy atom. The number of rotatable bonds is 0. The highest BCUT2D eigenvalue weighted by atomic mass is 31.1. The zero-order valence-corrected chi connectivity index (χ0v) is 5.34. The SMILES string of the molecule is FC(F)(F)C1=CC=PC1.